The van der Waals surface area contributed by atoms with Gasteiger partial charge in [0.2, 0.25) is 0 Å². The number of carboxylic acids is 1. The fourth-order valence-corrected chi connectivity index (χ4v) is 2.12. The molecule has 0 atom stereocenters. The number of amides is 2. The maximum atomic E-state index is 11.6. The van der Waals surface area contributed by atoms with Crippen LogP contribution in [0.25, 0.3) is 0 Å². The Morgan fingerprint density at radius 1 is 1.28 bits per heavy atom. The molecule has 1 rings (SSSR count). The third-order valence-corrected chi connectivity index (χ3v) is 3.24. The molecule has 0 aromatic rings. The smallest absolute Gasteiger partial charge is 0.315 e. The number of urea groups is 1. The van der Waals surface area contributed by atoms with E-state index in [0.717, 1.165) is 38.8 Å². The average Bonchev–Trinajstić information content (AvgIpc) is 2.25. The molecule has 4 N–H and O–H groups in total. The molecular weight excluding hydrogens is 234 g/mol. The van der Waals surface area contributed by atoms with Crippen LogP contribution in [0.5, 0.6) is 0 Å². The number of carboxylic acid groups (broad SMARTS) is 1. The Balaban J connectivity index is 2.19. The second-order valence-electron chi connectivity index (χ2n) is 4.79. The first-order chi connectivity index (χ1) is 8.58. The molecule has 0 heterocycles. The van der Waals surface area contributed by atoms with Gasteiger partial charge in [0, 0.05) is 6.54 Å². The van der Waals surface area contributed by atoms with E-state index in [0.29, 0.717) is 6.54 Å². The van der Waals surface area contributed by atoms with Crippen molar-refractivity contribution >= 4 is 12.0 Å². The summed E-state index contributed by atoms with van der Waals surface area (Å²) in [5, 5.41) is 17.5. The van der Waals surface area contributed by atoms with Gasteiger partial charge >= 0.3 is 12.0 Å². The van der Waals surface area contributed by atoms with Gasteiger partial charge in [-0.25, -0.2) is 4.79 Å². The number of carbonyl (C=O) groups is 2. The minimum atomic E-state index is -0.859. The van der Waals surface area contributed by atoms with Crippen LogP contribution in [-0.4, -0.2) is 42.3 Å². The molecule has 18 heavy (non-hydrogen) atoms. The van der Waals surface area contributed by atoms with Crippen LogP contribution in [-0.2, 0) is 4.79 Å². The Hall–Kier alpha value is -1.30. The molecule has 0 aromatic heterocycles. The van der Waals surface area contributed by atoms with Crippen LogP contribution in [0.3, 0.4) is 0 Å². The van der Waals surface area contributed by atoms with E-state index in [-0.39, 0.29) is 12.5 Å². The van der Waals surface area contributed by atoms with E-state index >= 15 is 0 Å². The SMILES string of the molecule is CCNCCCNC(=O)NC1(CC(=O)O)CCC1. The third kappa shape index (κ3) is 4.91. The Bertz CT molecular complexity index is 290. The first kappa shape index (κ1) is 14.8. The van der Waals surface area contributed by atoms with Gasteiger partial charge in [-0.15, -0.1) is 0 Å². The van der Waals surface area contributed by atoms with Crippen molar-refractivity contribution in [1.29, 1.82) is 0 Å². The van der Waals surface area contributed by atoms with E-state index in [4.69, 9.17) is 5.11 Å². The predicted molar refractivity (Wildman–Crippen MR) is 68.5 cm³/mol. The molecule has 0 bridgehead atoms. The van der Waals surface area contributed by atoms with Gasteiger partial charge in [0.25, 0.3) is 0 Å². The number of hydrogen-bond acceptors (Lipinski definition) is 3. The molecule has 104 valence electrons. The molecule has 0 spiro atoms. The van der Waals surface area contributed by atoms with Crippen LogP contribution >= 0.6 is 0 Å². The maximum absolute atomic E-state index is 11.6. The normalized spacial score (nSPS) is 16.7. The van der Waals surface area contributed by atoms with Crippen molar-refractivity contribution < 1.29 is 14.7 Å². The quantitative estimate of drug-likeness (QED) is 0.481. The van der Waals surface area contributed by atoms with Gasteiger partial charge in [-0.2, -0.15) is 0 Å². The van der Waals surface area contributed by atoms with Crippen molar-refractivity contribution in [2.24, 2.45) is 0 Å². The van der Waals surface area contributed by atoms with Gasteiger partial charge in [-0.1, -0.05) is 6.92 Å². The van der Waals surface area contributed by atoms with Crippen LogP contribution in [0, 0.1) is 0 Å². The average molecular weight is 257 g/mol. The van der Waals surface area contributed by atoms with Gasteiger partial charge in [0.15, 0.2) is 0 Å². The molecule has 6 heteroatoms. The topological polar surface area (TPSA) is 90.5 Å². The number of aliphatic carboxylic acids is 1. The third-order valence-electron chi connectivity index (χ3n) is 3.24. The molecule has 0 unspecified atom stereocenters. The molecule has 0 saturated heterocycles. The van der Waals surface area contributed by atoms with E-state index in [2.05, 4.69) is 16.0 Å². The standard InChI is InChI=1S/C12H23N3O3/c1-2-13-7-4-8-14-11(18)15-12(5-3-6-12)9-10(16)17/h13H,2-9H2,1H3,(H,16,17)(H2,14,15,18). The van der Waals surface area contributed by atoms with Crippen molar-refractivity contribution in [3.63, 3.8) is 0 Å². The molecular formula is C12H23N3O3. The van der Waals surface area contributed by atoms with E-state index in [1.54, 1.807) is 0 Å². The lowest BCUT2D eigenvalue weighted by atomic mass is 9.74. The van der Waals surface area contributed by atoms with Crippen molar-refractivity contribution in [2.75, 3.05) is 19.6 Å². The molecule has 6 nitrogen and oxygen atoms in total. The summed E-state index contributed by atoms with van der Waals surface area (Å²) in [6.45, 7) is 4.43. The van der Waals surface area contributed by atoms with Crippen LogP contribution in [0.1, 0.15) is 39.0 Å². The zero-order chi connectivity index (χ0) is 13.4. The number of rotatable bonds is 8. The van der Waals surface area contributed by atoms with E-state index in [9.17, 15) is 9.59 Å². The minimum absolute atomic E-state index is 0.0117. The number of carbonyl (C=O) groups excluding carboxylic acids is 1. The van der Waals surface area contributed by atoms with Gasteiger partial charge in [0.1, 0.15) is 0 Å². The predicted octanol–water partition coefficient (Wildman–Crippen LogP) is 0.683. The molecule has 2 amide bonds. The van der Waals surface area contributed by atoms with Crippen molar-refractivity contribution in [3.05, 3.63) is 0 Å². The highest BCUT2D eigenvalue weighted by Gasteiger charge is 2.40. The van der Waals surface area contributed by atoms with Crippen molar-refractivity contribution in [1.82, 2.24) is 16.0 Å². The Morgan fingerprint density at radius 3 is 2.50 bits per heavy atom. The molecule has 1 aliphatic rings. The number of hydrogen-bond donors (Lipinski definition) is 4. The van der Waals surface area contributed by atoms with Crippen molar-refractivity contribution in [3.8, 4) is 0 Å². The molecule has 0 aliphatic heterocycles. The zero-order valence-corrected chi connectivity index (χ0v) is 10.9. The molecule has 0 radical (unpaired) electrons. The second kappa shape index (κ2) is 7.20. The number of nitrogens with one attached hydrogen (secondary N) is 3. The van der Waals surface area contributed by atoms with Crippen molar-refractivity contribution in [2.45, 2.75) is 44.6 Å². The Kier molecular flexibility index (Phi) is 5.91. The molecule has 1 saturated carbocycles. The summed E-state index contributed by atoms with van der Waals surface area (Å²) in [6.07, 6.45) is 3.37. The lowest BCUT2D eigenvalue weighted by Gasteiger charge is -2.41. The minimum Gasteiger partial charge on any atom is -0.481 e. The first-order valence-electron chi connectivity index (χ1n) is 6.56. The van der Waals surface area contributed by atoms with Crippen LogP contribution in [0.4, 0.5) is 4.79 Å². The highest BCUT2D eigenvalue weighted by molar-refractivity contribution is 5.77. The Labute approximate surface area is 108 Å². The molecule has 1 fully saturated rings. The van der Waals surface area contributed by atoms with Gasteiger partial charge in [-0.3, -0.25) is 4.79 Å². The van der Waals surface area contributed by atoms with Gasteiger partial charge in [0.05, 0.1) is 12.0 Å². The summed E-state index contributed by atoms with van der Waals surface area (Å²) in [4.78, 5) is 22.4. The summed E-state index contributed by atoms with van der Waals surface area (Å²) in [7, 11) is 0. The monoisotopic (exact) mass is 257 g/mol. The lowest BCUT2D eigenvalue weighted by Crippen LogP contribution is -2.57. The second-order valence-corrected chi connectivity index (χ2v) is 4.79. The van der Waals surface area contributed by atoms with Crippen LogP contribution in [0.15, 0.2) is 0 Å². The summed E-state index contributed by atoms with van der Waals surface area (Å²) in [5.74, 6) is -0.859. The maximum Gasteiger partial charge on any atom is 0.315 e. The van der Waals surface area contributed by atoms with Crippen LogP contribution < -0.4 is 16.0 Å². The van der Waals surface area contributed by atoms with Crippen LogP contribution in [0.2, 0.25) is 0 Å². The van der Waals surface area contributed by atoms with E-state index in [1.165, 1.54) is 0 Å². The van der Waals surface area contributed by atoms with E-state index < -0.39 is 11.5 Å². The first-order valence-corrected chi connectivity index (χ1v) is 6.56. The summed E-state index contributed by atoms with van der Waals surface area (Å²) in [6, 6.07) is -0.257. The highest BCUT2D eigenvalue weighted by atomic mass is 16.4. The van der Waals surface area contributed by atoms with E-state index in [1.807, 2.05) is 6.92 Å². The largest absolute Gasteiger partial charge is 0.481 e. The Morgan fingerprint density at radius 2 is 2.00 bits per heavy atom. The van der Waals surface area contributed by atoms with Gasteiger partial charge < -0.3 is 21.1 Å². The summed E-state index contributed by atoms with van der Waals surface area (Å²) in [5.41, 5.74) is -0.516. The van der Waals surface area contributed by atoms with Gasteiger partial charge in [-0.05, 0) is 38.8 Å². The summed E-state index contributed by atoms with van der Waals surface area (Å²) < 4.78 is 0. The highest BCUT2D eigenvalue weighted by Crippen LogP contribution is 2.34. The fraction of sp³-hybridized carbons (Fsp3) is 0.833. The zero-order valence-electron chi connectivity index (χ0n) is 10.9. The molecule has 0 aromatic carbocycles. The lowest BCUT2D eigenvalue weighted by molar-refractivity contribution is -0.139. The molecule has 1 aliphatic carbocycles. The fourth-order valence-electron chi connectivity index (χ4n) is 2.12. The summed E-state index contributed by atoms with van der Waals surface area (Å²) >= 11 is 0.